The lowest BCUT2D eigenvalue weighted by molar-refractivity contribution is -0.113. The Hall–Kier alpha value is -3.42. The number of thioether (sulfide) groups is 1. The van der Waals surface area contributed by atoms with E-state index in [-0.39, 0.29) is 17.6 Å². The van der Waals surface area contributed by atoms with Gasteiger partial charge in [0, 0.05) is 16.8 Å². The zero-order valence-corrected chi connectivity index (χ0v) is 18.7. The molecule has 0 fully saturated rings. The van der Waals surface area contributed by atoms with Gasteiger partial charge in [-0.15, -0.1) is 10.2 Å². The van der Waals surface area contributed by atoms with Gasteiger partial charge in [0.15, 0.2) is 11.0 Å². The van der Waals surface area contributed by atoms with Gasteiger partial charge in [0.2, 0.25) is 5.91 Å². The fourth-order valence-electron chi connectivity index (χ4n) is 3.15. The number of nitrogens with zero attached hydrogens (tertiary/aromatic N) is 3. The highest BCUT2D eigenvalue weighted by Gasteiger charge is 2.24. The minimum Gasteiger partial charge on any atom is -0.325 e. The molecule has 6 nitrogen and oxygen atoms in total. The summed E-state index contributed by atoms with van der Waals surface area (Å²) in [5.41, 5.74) is 2.64. The summed E-state index contributed by atoms with van der Waals surface area (Å²) >= 11 is 7.51. The van der Waals surface area contributed by atoms with Crippen LogP contribution in [0.25, 0.3) is 11.4 Å². The molecule has 3 aromatic carbocycles. The normalized spacial score (nSPS) is 10.7. The summed E-state index contributed by atoms with van der Waals surface area (Å²) in [4.78, 5) is 25.9. The third kappa shape index (κ3) is 4.74. The molecule has 0 aliphatic rings. The summed E-state index contributed by atoms with van der Waals surface area (Å²) in [6, 6.07) is 23.6. The van der Waals surface area contributed by atoms with Crippen molar-refractivity contribution in [3.05, 3.63) is 95.0 Å². The van der Waals surface area contributed by atoms with Crippen LogP contribution in [0.5, 0.6) is 0 Å². The molecular formula is C24H19ClN4O2S. The van der Waals surface area contributed by atoms with Gasteiger partial charge in [0.25, 0.3) is 5.91 Å². The molecule has 160 valence electrons. The van der Waals surface area contributed by atoms with Crippen LogP contribution >= 0.6 is 23.4 Å². The highest BCUT2D eigenvalue weighted by atomic mass is 35.5. The highest BCUT2D eigenvalue weighted by Crippen LogP contribution is 2.30. The van der Waals surface area contributed by atoms with E-state index >= 15 is 0 Å². The fraction of sp³-hybridized carbons (Fsp3) is 0.0833. The molecule has 0 bridgehead atoms. The molecule has 1 aromatic heterocycles. The maximum Gasteiger partial charge on any atom is 0.266 e. The molecule has 0 saturated heterocycles. The maximum absolute atomic E-state index is 13.5. The van der Waals surface area contributed by atoms with Gasteiger partial charge in [-0.1, -0.05) is 71.9 Å². The van der Waals surface area contributed by atoms with Gasteiger partial charge in [-0.25, -0.2) is 4.57 Å². The molecular weight excluding hydrogens is 444 g/mol. The van der Waals surface area contributed by atoms with E-state index in [9.17, 15) is 9.59 Å². The molecule has 32 heavy (non-hydrogen) atoms. The first-order valence-electron chi connectivity index (χ1n) is 9.83. The van der Waals surface area contributed by atoms with E-state index in [1.807, 2.05) is 55.5 Å². The topological polar surface area (TPSA) is 76.9 Å². The van der Waals surface area contributed by atoms with Gasteiger partial charge in [0.05, 0.1) is 10.8 Å². The summed E-state index contributed by atoms with van der Waals surface area (Å²) in [6.45, 7) is 1.87. The largest absolute Gasteiger partial charge is 0.325 e. The number of aryl methyl sites for hydroxylation is 1. The Morgan fingerprint density at radius 3 is 2.38 bits per heavy atom. The minimum absolute atomic E-state index is 0.0661. The number of rotatable bonds is 6. The molecule has 0 spiro atoms. The molecule has 8 heteroatoms. The number of halogens is 1. The van der Waals surface area contributed by atoms with Crippen molar-refractivity contribution in [3.63, 3.8) is 0 Å². The number of nitrogens with one attached hydrogen (secondary N) is 1. The lowest BCUT2D eigenvalue weighted by atomic mass is 10.1. The third-order valence-corrected chi connectivity index (χ3v) is 5.98. The molecule has 0 aliphatic carbocycles. The van der Waals surface area contributed by atoms with Crippen molar-refractivity contribution in [1.29, 1.82) is 0 Å². The van der Waals surface area contributed by atoms with Gasteiger partial charge in [-0.3, -0.25) is 9.59 Å². The van der Waals surface area contributed by atoms with Crippen LogP contribution in [0.4, 0.5) is 5.69 Å². The van der Waals surface area contributed by atoms with E-state index in [1.165, 1.54) is 4.57 Å². The summed E-state index contributed by atoms with van der Waals surface area (Å²) in [5, 5.41) is 12.0. The Labute approximate surface area is 194 Å². The Balaban J connectivity index is 1.67. The first-order valence-corrected chi connectivity index (χ1v) is 11.2. The third-order valence-electron chi connectivity index (χ3n) is 4.72. The SMILES string of the molecule is Cc1ccccc1C(=O)n1c(SCC(=O)Nc2ccccc2)nnc1-c1ccccc1Cl. The van der Waals surface area contributed by atoms with Crippen molar-refractivity contribution < 1.29 is 9.59 Å². The van der Waals surface area contributed by atoms with Crippen molar-refractivity contribution in [2.45, 2.75) is 12.1 Å². The average molecular weight is 463 g/mol. The van der Waals surface area contributed by atoms with Crippen LogP contribution in [0.1, 0.15) is 15.9 Å². The summed E-state index contributed by atoms with van der Waals surface area (Å²) < 4.78 is 1.42. The maximum atomic E-state index is 13.5. The number of hydrogen-bond acceptors (Lipinski definition) is 5. The molecule has 4 aromatic rings. The molecule has 4 rings (SSSR count). The Kier molecular flexibility index (Phi) is 6.68. The summed E-state index contributed by atoms with van der Waals surface area (Å²) in [5.74, 6) is -0.0986. The van der Waals surface area contributed by atoms with E-state index in [0.29, 0.717) is 32.8 Å². The molecule has 0 saturated carbocycles. The second kappa shape index (κ2) is 9.80. The van der Waals surface area contributed by atoms with E-state index in [1.54, 1.807) is 30.3 Å². The monoisotopic (exact) mass is 462 g/mol. The predicted octanol–water partition coefficient (Wildman–Crippen LogP) is 5.33. The van der Waals surface area contributed by atoms with Gasteiger partial charge >= 0.3 is 0 Å². The average Bonchev–Trinajstić information content (AvgIpc) is 3.22. The second-order valence-electron chi connectivity index (χ2n) is 6.94. The van der Waals surface area contributed by atoms with Crippen LogP contribution in [0.2, 0.25) is 5.02 Å². The zero-order chi connectivity index (χ0) is 22.5. The first-order chi connectivity index (χ1) is 15.5. The van der Waals surface area contributed by atoms with Gasteiger partial charge in [-0.05, 0) is 42.8 Å². The van der Waals surface area contributed by atoms with Gasteiger partial charge in [-0.2, -0.15) is 0 Å². The number of carbonyl (C=O) groups excluding carboxylic acids is 2. The molecule has 0 atom stereocenters. The van der Waals surface area contributed by atoms with Crippen molar-refractivity contribution in [3.8, 4) is 11.4 Å². The lowest BCUT2D eigenvalue weighted by Gasteiger charge is -2.11. The Morgan fingerprint density at radius 1 is 0.938 bits per heavy atom. The summed E-state index contributed by atoms with van der Waals surface area (Å²) in [7, 11) is 0. The van der Waals surface area contributed by atoms with Crippen molar-refractivity contribution in [1.82, 2.24) is 14.8 Å². The minimum atomic E-state index is -0.283. The first kappa shape index (κ1) is 21.8. The van der Waals surface area contributed by atoms with Crippen LogP contribution in [-0.2, 0) is 4.79 Å². The molecule has 1 N–H and O–H groups in total. The zero-order valence-electron chi connectivity index (χ0n) is 17.2. The number of aromatic nitrogens is 3. The van der Waals surface area contributed by atoms with Crippen LogP contribution in [-0.4, -0.2) is 32.3 Å². The number of carbonyl (C=O) groups is 2. The molecule has 1 amide bonds. The Morgan fingerprint density at radius 2 is 1.62 bits per heavy atom. The van der Waals surface area contributed by atoms with Gasteiger partial charge in [0.1, 0.15) is 0 Å². The highest BCUT2D eigenvalue weighted by molar-refractivity contribution is 7.99. The van der Waals surface area contributed by atoms with E-state index in [4.69, 9.17) is 11.6 Å². The standard InChI is InChI=1S/C24H19ClN4O2S/c1-16-9-5-6-12-18(16)23(31)29-22(19-13-7-8-14-20(19)25)27-28-24(29)32-15-21(30)26-17-10-3-2-4-11-17/h2-14H,15H2,1H3,(H,26,30). The Bertz CT molecular complexity index is 1270. The van der Waals surface area contributed by atoms with Crippen molar-refractivity contribution in [2.75, 3.05) is 11.1 Å². The van der Waals surface area contributed by atoms with Crippen LogP contribution in [0, 0.1) is 6.92 Å². The van der Waals surface area contributed by atoms with Crippen molar-refractivity contribution >= 4 is 40.9 Å². The fourth-order valence-corrected chi connectivity index (χ4v) is 4.10. The number of benzene rings is 3. The second-order valence-corrected chi connectivity index (χ2v) is 8.29. The number of para-hydroxylation sites is 1. The number of hydrogen-bond donors (Lipinski definition) is 1. The molecule has 0 aliphatic heterocycles. The van der Waals surface area contributed by atoms with Crippen LogP contribution in [0.15, 0.2) is 84.0 Å². The van der Waals surface area contributed by atoms with Crippen LogP contribution < -0.4 is 5.32 Å². The van der Waals surface area contributed by atoms with Crippen molar-refractivity contribution in [2.24, 2.45) is 0 Å². The molecule has 0 unspecified atom stereocenters. The smallest absolute Gasteiger partial charge is 0.266 e. The molecule has 0 radical (unpaired) electrons. The predicted molar refractivity (Wildman–Crippen MR) is 127 cm³/mol. The van der Waals surface area contributed by atoms with E-state index < -0.39 is 0 Å². The molecule has 1 heterocycles. The van der Waals surface area contributed by atoms with Crippen LogP contribution in [0.3, 0.4) is 0 Å². The number of amides is 1. The quantitative estimate of drug-likeness (QED) is 0.392. The van der Waals surface area contributed by atoms with E-state index in [2.05, 4.69) is 15.5 Å². The summed E-state index contributed by atoms with van der Waals surface area (Å²) in [6.07, 6.45) is 0. The lowest BCUT2D eigenvalue weighted by Crippen LogP contribution is -2.18. The number of anilines is 1. The van der Waals surface area contributed by atoms with Gasteiger partial charge < -0.3 is 5.32 Å². The van der Waals surface area contributed by atoms with E-state index in [0.717, 1.165) is 17.3 Å².